The number of hydrogen-bond acceptors (Lipinski definition) is 1. The largest absolute Gasteiger partial charge is 0.398 e. The quantitative estimate of drug-likeness (QED) is 0.497. The van der Waals surface area contributed by atoms with Crippen LogP contribution in [0, 0.1) is 0 Å². The van der Waals surface area contributed by atoms with Gasteiger partial charge in [-0.15, -0.1) is 0 Å². The molecule has 2 aliphatic carbocycles. The number of hydrogen-bond donors (Lipinski definition) is 1. The highest BCUT2D eigenvalue weighted by Crippen LogP contribution is 2.41. The van der Waals surface area contributed by atoms with Crippen molar-refractivity contribution in [3.8, 4) is 0 Å². The van der Waals surface area contributed by atoms with Gasteiger partial charge in [0.1, 0.15) is 0 Å². The van der Waals surface area contributed by atoms with Crippen molar-refractivity contribution in [1.82, 2.24) is 0 Å². The van der Waals surface area contributed by atoms with Crippen molar-refractivity contribution in [2.45, 2.75) is 32.1 Å². The van der Waals surface area contributed by atoms with Crippen molar-refractivity contribution >= 4 is 33.6 Å². The van der Waals surface area contributed by atoms with Gasteiger partial charge in [0.25, 0.3) is 0 Å². The number of benzene rings is 3. The smallest absolute Gasteiger partial charge is 0.0635 e. The Labute approximate surface area is 165 Å². The molecule has 0 amide bonds. The molecule has 0 spiro atoms. The number of halogens is 1. The van der Waals surface area contributed by atoms with E-state index in [1.165, 1.54) is 57.9 Å². The van der Waals surface area contributed by atoms with E-state index in [9.17, 15) is 0 Å². The minimum Gasteiger partial charge on any atom is -0.398 e. The van der Waals surface area contributed by atoms with Crippen LogP contribution in [0.4, 0.5) is 5.69 Å². The summed E-state index contributed by atoms with van der Waals surface area (Å²) in [5.41, 5.74) is 15.3. The van der Waals surface area contributed by atoms with Crippen LogP contribution >= 0.6 is 11.6 Å². The van der Waals surface area contributed by atoms with Gasteiger partial charge in [-0.1, -0.05) is 65.7 Å². The summed E-state index contributed by atoms with van der Waals surface area (Å²) in [4.78, 5) is 0. The third kappa shape index (κ3) is 2.87. The first-order valence-corrected chi connectivity index (χ1v) is 10.0. The number of allylic oxidation sites excluding steroid dienone is 4. The van der Waals surface area contributed by atoms with Gasteiger partial charge in [-0.25, -0.2) is 0 Å². The van der Waals surface area contributed by atoms with Gasteiger partial charge >= 0.3 is 0 Å². The first-order chi connectivity index (χ1) is 13.2. The molecule has 134 valence electrons. The van der Waals surface area contributed by atoms with E-state index in [4.69, 9.17) is 17.3 Å². The summed E-state index contributed by atoms with van der Waals surface area (Å²) < 4.78 is 0. The summed E-state index contributed by atoms with van der Waals surface area (Å²) in [5.74, 6) is 0. The number of anilines is 1. The molecular weight excluding hydrogens is 350 g/mol. The average molecular weight is 372 g/mol. The van der Waals surface area contributed by atoms with Gasteiger partial charge in [-0.3, -0.25) is 0 Å². The first kappa shape index (κ1) is 16.6. The molecule has 0 bridgehead atoms. The molecule has 3 aromatic rings. The Morgan fingerprint density at radius 2 is 1.89 bits per heavy atom. The summed E-state index contributed by atoms with van der Waals surface area (Å²) in [7, 11) is 0. The SMILES string of the molecule is Nc1cc(Cc2cccc3ccc4c(c23)CCC2=C4C=CCC2)ccc1Cl. The normalized spacial score (nSPS) is 15.7. The molecule has 3 aromatic carbocycles. The maximum atomic E-state index is 6.10. The number of nitrogens with two attached hydrogens (primary N) is 1. The van der Waals surface area contributed by atoms with Crippen LogP contribution in [0.5, 0.6) is 0 Å². The van der Waals surface area contributed by atoms with Gasteiger partial charge in [0.15, 0.2) is 0 Å². The zero-order valence-corrected chi connectivity index (χ0v) is 16.0. The van der Waals surface area contributed by atoms with E-state index in [0.29, 0.717) is 10.7 Å². The van der Waals surface area contributed by atoms with Gasteiger partial charge in [0, 0.05) is 0 Å². The van der Waals surface area contributed by atoms with E-state index in [2.05, 4.69) is 48.6 Å². The minimum absolute atomic E-state index is 0.623. The Balaban J connectivity index is 1.67. The topological polar surface area (TPSA) is 26.0 Å². The van der Waals surface area contributed by atoms with Crippen molar-refractivity contribution in [2.24, 2.45) is 0 Å². The van der Waals surface area contributed by atoms with E-state index in [1.54, 1.807) is 5.57 Å². The van der Waals surface area contributed by atoms with Gasteiger partial charge in [0.05, 0.1) is 10.7 Å². The van der Waals surface area contributed by atoms with E-state index in [0.717, 1.165) is 12.8 Å². The summed E-state index contributed by atoms with van der Waals surface area (Å²) in [6, 6.07) is 17.2. The lowest BCUT2D eigenvalue weighted by Crippen LogP contribution is -2.08. The standard InChI is InChI=1S/C25H22ClN/c26-23-13-8-16(15-24(23)27)14-19-6-3-5-18-10-11-21-20-7-2-1-4-17(20)9-12-22(21)25(18)19/h2-3,5-8,10-11,13,15H,1,4,9,12,14,27H2. The average Bonchev–Trinajstić information content (AvgIpc) is 2.70. The molecule has 0 aromatic heterocycles. The highest BCUT2D eigenvalue weighted by atomic mass is 35.5. The zero-order valence-electron chi connectivity index (χ0n) is 15.3. The van der Waals surface area contributed by atoms with Crippen LogP contribution in [-0.4, -0.2) is 0 Å². The number of fused-ring (bicyclic) bond motifs is 4. The molecule has 5 rings (SSSR count). The lowest BCUT2D eigenvalue weighted by Gasteiger charge is -2.26. The third-order valence-corrected chi connectivity index (χ3v) is 6.28. The number of nitrogen functional groups attached to an aromatic ring is 1. The molecule has 0 saturated heterocycles. The lowest BCUT2D eigenvalue weighted by atomic mass is 9.78. The molecule has 0 saturated carbocycles. The summed E-state index contributed by atoms with van der Waals surface area (Å²) >= 11 is 6.10. The van der Waals surface area contributed by atoms with Crippen molar-refractivity contribution in [2.75, 3.05) is 5.73 Å². The van der Waals surface area contributed by atoms with Gasteiger partial charge in [0.2, 0.25) is 0 Å². The van der Waals surface area contributed by atoms with Crippen LogP contribution in [0.25, 0.3) is 16.3 Å². The minimum atomic E-state index is 0.623. The Kier molecular flexibility index (Phi) is 4.06. The Bertz CT molecular complexity index is 1120. The molecule has 1 nitrogen and oxygen atoms in total. The second kappa shape index (κ2) is 6.58. The predicted molar refractivity (Wildman–Crippen MR) is 116 cm³/mol. The van der Waals surface area contributed by atoms with Crippen molar-refractivity contribution in [1.29, 1.82) is 0 Å². The maximum Gasteiger partial charge on any atom is 0.0635 e. The van der Waals surface area contributed by atoms with E-state index >= 15 is 0 Å². The van der Waals surface area contributed by atoms with Crippen molar-refractivity contribution in [3.63, 3.8) is 0 Å². The lowest BCUT2D eigenvalue weighted by molar-refractivity contribution is 0.830. The van der Waals surface area contributed by atoms with E-state index in [1.807, 2.05) is 12.1 Å². The fourth-order valence-corrected chi connectivity index (χ4v) is 4.76. The van der Waals surface area contributed by atoms with Crippen LogP contribution < -0.4 is 5.73 Å². The van der Waals surface area contributed by atoms with Crippen LogP contribution in [-0.2, 0) is 12.8 Å². The van der Waals surface area contributed by atoms with Gasteiger partial charge in [-0.05, 0) is 82.8 Å². The van der Waals surface area contributed by atoms with Crippen molar-refractivity contribution < 1.29 is 0 Å². The first-order valence-electron chi connectivity index (χ1n) is 9.67. The molecule has 27 heavy (non-hydrogen) atoms. The van der Waals surface area contributed by atoms with Crippen LogP contribution in [0.3, 0.4) is 0 Å². The molecule has 0 unspecified atom stereocenters. The molecule has 0 fully saturated rings. The fraction of sp³-hybridized carbons (Fsp3) is 0.200. The monoisotopic (exact) mass is 371 g/mol. The van der Waals surface area contributed by atoms with E-state index < -0.39 is 0 Å². The van der Waals surface area contributed by atoms with E-state index in [-0.39, 0.29) is 0 Å². The molecular formula is C25H22ClN. The van der Waals surface area contributed by atoms with Crippen LogP contribution in [0.2, 0.25) is 5.02 Å². The molecule has 0 heterocycles. The molecule has 0 radical (unpaired) electrons. The Morgan fingerprint density at radius 1 is 0.963 bits per heavy atom. The number of aryl methyl sites for hydroxylation is 1. The molecule has 0 aliphatic heterocycles. The molecule has 0 atom stereocenters. The Morgan fingerprint density at radius 3 is 2.78 bits per heavy atom. The highest BCUT2D eigenvalue weighted by molar-refractivity contribution is 6.33. The second-order valence-corrected chi connectivity index (χ2v) is 8.01. The molecule has 2 N–H and O–H groups in total. The summed E-state index contributed by atoms with van der Waals surface area (Å²) in [6.45, 7) is 0. The highest BCUT2D eigenvalue weighted by Gasteiger charge is 2.21. The van der Waals surface area contributed by atoms with Gasteiger partial charge < -0.3 is 5.73 Å². The van der Waals surface area contributed by atoms with Crippen LogP contribution in [0.1, 0.15) is 41.5 Å². The molecule has 2 heteroatoms. The second-order valence-electron chi connectivity index (χ2n) is 7.60. The van der Waals surface area contributed by atoms with Crippen LogP contribution in [0.15, 0.2) is 66.3 Å². The zero-order chi connectivity index (χ0) is 18.4. The predicted octanol–water partition coefficient (Wildman–Crippen LogP) is 6.72. The molecule has 2 aliphatic rings. The van der Waals surface area contributed by atoms with Gasteiger partial charge in [-0.2, -0.15) is 0 Å². The summed E-state index contributed by atoms with van der Waals surface area (Å²) in [5, 5.41) is 3.38. The fourth-order valence-electron chi connectivity index (χ4n) is 4.64. The third-order valence-electron chi connectivity index (χ3n) is 5.94. The maximum absolute atomic E-state index is 6.10. The number of rotatable bonds is 2. The summed E-state index contributed by atoms with van der Waals surface area (Å²) in [6.07, 6.45) is 10.3. The Hall–Kier alpha value is -2.51. The van der Waals surface area contributed by atoms with Crippen molar-refractivity contribution in [3.05, 3.63) is 93.5 Å².